The number of rotatable bonds is 2. The molecule has 0 N–H and O–H groups in total. The number of pyridine rings is 1. The fourth-order valence-corrected chi connectivity index (χ4v) is 3.24. The zero-order valence-corrected chi connectivity index (χ0v) is 11.0. The van der Waals surface area contributed by atoms with E-state index in [-0.39, 0.29) is 0 Å². The van der Waals surface area contributed by atoms with Crippen LogP contribution in [-0.2, 0) is 0 Å². The van der Waals surface area contributed by atoms with E-state index in [1.807, 2.05) is 6.07 Å². The third kappa shape index (κ3) is 2.13. The smallest absolute Gasteiger partial charge is 0.0822 e. The van der Waals surface area contributed by atoms with Crippen molar-refractivity contribution in [1.29, 1.82) is 0 Å². The highest BCUT2D eigenvalue weighted by Gasteiger charge is 2.30. The van der Waals surface area contributed by atoms with Crippen molar-refractivity contribution in [3.05, 3.63) is 23.5 Å². The Balaban J connectivity index is 2.22. The molecule has 0 aromatic carbocycles. The van der Waals surface area contributed by atoms with E-state index in [0.29, 0.717) is 12.0 Å². The first-order valence-electron chi connectivity index (χ1n) is 5.16. The molecule has 1 aliphatic heterocycles. The second-order valence-electron chi connectivity index (χ2n) is 3.96. The molecule has 1 aromatic heterocycles. The van der Waals surface area contributed by atoms with Crippen molar-refractivity contribution in [2.24, 2.45) is 5.92 Å². The molecule has 0 spiro atoms. The molecule has 1 saturated heterocycles. The monoisotopic (exact) mass is 288 g/mol. The highest BCUT2D eigenvalue weighted by atomic mass is 79.9. The summed E-state index contributed by atoms with van der Waals surface area (Å²) in [7, 11) is 0. The predicted octanol–water partition coefficient (Wildman–Crippen LogP) is 3.34. The van der Waals surface area contributed by atoms with E-state index in [1.165, 1.54) is 6.42 Å². The maximum absolute atomic E-state index is 6.14. The lowest BCUT2D eigenvalue weighted by Crippen LogP contribution is -2.30. The van der Waals surface area contributed by atoms with Crippen molar-refractivity contribution in [3.8, 4) is 0 Å². The number of hydrogen-bond acceptors (Lipinski definition) is 2. The van der Waals surface area contributed by atoms with Gasteiger partial charge in [-0.15, -0.1) is 0 Å². The second kappa shape index (κ2) is 4.71. The molecule has 1 aromatic rings. The Morgan fingerprint density at radius 1 is 1.67 bits per heavy atom. The minimum atomic E-state index is 0.546. The summed E-state index contributed by atoms with van der Waals surface area (Å²) in [4.78, 5) is 6.38. The van der Waals surface area contributed by atoms with Gasteiger partial charge in [-0.1, -0.05) is 27.5 Å². The van der Waals surface area contributed by atoms with Crippen molar-refractivity contribution in [2.45, 2.75) is 19.4 Å². The van der Waals surface area contributed by atoms with Gasteiger partial charge < -0.3 is 4.90 Å². The van der Waals surface area contributed by atoms with Crippen LogP contribution in [0, 0.1) is 5.92 Å². The summed E-state index contributed by atoms with van der Waals surface area (Å²) in [5, 5.41) is 1.81. The van der Waals surface area contributed by atoms with Gasteiger partial charge in [0.15, 0.2) is 0 Å². The van der Waals surface area contributed by atoms with Gasteiger partial charge in [0, 0.05) is 30.3 Å². The van der Waals surface area contributed by atoms with Crippen LogP contribution in [0.25, 0.3) is 0 Å². The maximum atomic E-state index is 6.14. The number of aromatic nitrogens is 1. The number of alkyl halides is 1. The van der Waals surface area contributed by atoms with Gasteiger partial charge in [0.2, 0.25) is 0 Å². The Morgan fingerprint density at radius 3 is 3.07 bits per heavy atom. The molecule has 2 atom stereocenters. The fourth-order valence-electron chi connectivity index (χ4n) is 2.15. The largest absolute Gasteiger partial charge is 0.367 e. The van der Waals surface area contributed by atoms with E-state index in [2.05, 4.69) is 32.7 Å². The molecule has 0 radical (unpaired) electrons. The molecular formula is C11H14BrClN2. The minimum Gasteiger partial charge on any atom is -0.367 e. The van der Waals surface area contributed by atoms with Crippen LogP contribution in [0.3, 0.4) is 0 Å². The molecule has 2 unspecified atom stereocenters. The zero-order valence-electron chi connectivity index (χ0n) is 8.66. The highest BCUT2D eigenvalue weighted by molar-refractivity contribution is 9.09. The molecule has 1 fully saturated rings. The van der Waals surface area contributed by atoms with Crippen molar-refractivity contribution < 1.29 is 0 Å². The molecule has 4 heteroatoms. The van der Waals surface area contributed by atoms with Gasteiger partial charge in [-0.25, -0.2) is 0 Å². The first kappa shape index (κ1) is 11.2. The molecule has 2 nitrogen and oxygen atoms in total. The molecule has 1 aliphatic rings. The molecule has 0 bridgehead atoms. The van der Waals surface area contributed by atoms with E-state index in [4.69, 9.17) is 11.6 Å². The average molecular weight is 290 g/mol. The fraction of sp³-hybridized carbons (Fsp3) is 0.545. The Kier molecular flexibility index (Phi) is 3.52. The number of halogens is 2. The van der Waals surface area contributed by atoms with Gasteiger partial charge in [-0.05, 0) is 25.3 Å². The quantitative estimate of drug-likeness (QED) is 0.776. The van der Waals surface area contributed by atoms with E-state index in [1.54, 1.807) is 12.4 Å². The minimum absolute atomic E-state index is 0.546. The van der Waals surface area contributed by atoms with Gasteiger partial charge in [0.25, 0.3) is 0 Å². The lowest BCUT2D eigenvalue weighted by Gasteiger charge is -2.26. The van der Waals surface area contributed by atoms with Crippen LogP contribution in [0.4, 0.5) is 5.69 Å². The molecule has 2 heterocycles. The number of hydrogen-bond donors (Lipinski definition) is 0. The van der Waals surface area contributed by atoms with Crippen molar-refractivity contribution in [2.75, 3.05) is 16.8 Å². The topological polar surface area (TPSA) is 16.1 Å². The summed E-state index contributed by atoms with van der Waals surface area (Å²) in [6, 6.07) is 2.54. The predicted molar refractivity (Wildman–Crippen MR) is 68.0 cm³/mol. The Bertz CT molecular complexity index is 345. The SMILES string of the molecule is CC1C(CBr)CCN1c1ccncc1Cl. The van der Waals surface area contributed by atoms with Crippen LogP contribution < -0.4 is 4.90 Å². The molecule has 0 saturated carbocycles. The number of nitrogens with zero attached hydrogens (tertiary/aromatic N) is 2. The van der Waals surface area contributed by atoms with E-state index < -0.39 is 0 Å². The molecule has 0 aliphatic carbocycles. The van der Waals surface area contributed by atoms with E-state index >= 15 is 0 Å². The summed E-state index contributed by atoms with van der Waals surface area (Å²) >= 11 is 9.71. The van der Waals surface area contributed by atoms with E-state index in [0.717, 1.165) is 22.6 Å². The van der Waals surface area contributed by atoms with Crippen molar-refractivity contribution in [3.63, 3.8) is 0 Å². The molecule has 82 valence electrons. The van der Waals surface area contributed by atoms with Crippen LogP contribution in [-0.4, -0.2) is 22.9 Å². The lowest BCUT2D eigenvalue weighted by molar-refractivity contribution is 0.558. The first-order chi connectivity index (χ1) is 7.24. The third-order valence-corrected chi connectivity index (χ3v) is 4.30. The Labute approximate surface area is 104 Å². The summed E-state index contributed by atoms with van der Waals surface area (Å²) in [5.41, 5.74) is 1.11. The highest BCUT2D eigenvalue weighted by Crippen LogP contribution is 2.34. The van der Waals surface area contributed by atoms with Gasteiger partial charge in [-0.3, -0.25) is 4.98 Å². The maximum Gasteiger partial charge on any atom is 0.0822 e. The zero-order chi connectivity index (χ0) is 10.8. The van der Waals surface area contributed by atoms with Crippen molar-refractivity contribution in [1.82, 2.24) is 4.98 Å². The molecule has 0 amide bonds. The van der Waals surface area contributed by atoms with Crippen LogP contribution in [0.15, 0.2) is 18.5 Å². The van der Waals surface area contributed by atoms with Crippen LogP contribution >= 0.6 is 27.5 Å². The lowest BCUT2D eigenvalue weighted by atomic mass is 10.1. The third-order valence-electron chi connectivity index (χ3n) is 3.17. The summed E-state index contributed by atoms with van der Waals surface area (Å²) in [5.74, 6) is 0.717. The van der Waals surface area contributed by atoms with Gasteiger partial charge in [-0.2, -0.15) is 0 Å². The summed E-state index contributed by atoms with van der Waals surface area (Å²) in [6.45, 7) is 3.34. The normalized spacial score (nSPS) is 25.9. The molecule has 2 rings (SSSR count). The van der Waals surface area contributed by atoms with Crippen LogP contribution in [0.5, 0.6) is 0 Å². The van der Waals surface area contributed by atoms with Gasteiger partial charge >= 0.3 is 0 Å². The molecule has 15 heavy (non-hydrogen) atoms. The summed E-state index contributed by atoms with van der Waals surface area (Å²) in [6.07, 6.45) is 4.74. The summed E-state index contributed by atoms with van der Waals surface area (Å²) < 4.78 is 0. The standard InChI is InChI=1S/C11H14BrClN2/c1-8-9(6-12)3-5-15(8)11-2-4-14-7-10(11)13/h2,4,7-9H,3,5-6H2,1H3. The van der Waals surface area contributed by atoms with Gasteiger partial charge in [0.1, 0.15) is 0 Å². The second-order valence-corrected chi connectivity index (χ2v) is 5.02. The molecular weight excluding hydrogens is 275 g/mol. The first-order valence-corrected chi connectivity index (χ1v) is 6.66. The van der Waals surface area contributed by atoms with Crippen molar-refractivity contribution >= 4 is 33.2 Å². The average Bonchev–Trinajstić information content (AvgIpc) is 2.60. The Morgan fingerprint density at radius 2 is 2.47 bits per heavy atom. The Hall–Kier alpha value is -0.280. The number of anilines is 1. The van der Waals surface area contributed by atoms with Gasteiger partial charge in [0.05, 0.1) is 10.7 Å². The van der Waals surface area contributed by atoms with Crippen LogP contribution in [0.2, 0.25) is 5.02 Å². The van der Waals surface area contributed by atoms with E-state index in [9.17, 15) is 0 Å². The van der Waals surface area contributed by atoms with Crippen LogP contribution in [0.1, 0.15) is 13.3 Å².